The molecule has 1 N–H and O–H groups in total. The van der Waals surface area contributed by atoms with Crippen LogP contribution in [0.5, 0.6) is 0 Å². The summed E-state index contributed by atoms with van der Waals surface area (Å²) in [5.74, 6) is 0. The number of hydrogen-bond acceptors (Lipinski definition) is 2. The second-order valence-corrected chi connectivity index (χ2v) is 3.91. The Bertz CT molecular complexity index is 502. The predicted octanol–water partition coefficient (Wildman–Crippen LogP) is 2.57. The molecule has 1 aromatic carbocycles. The Morgan fingerprint density at radius 2 is 2.25 bits per heavy atom. The van der Waals surface area contributed by atoms with E-state index in [0.717, 1.165) is 23.0 Å². The summed E-state index contributed by atoms with van der Waals surface area (Å²) in [5.41, 5.74) is 1.81. The highest BCUT2D eigenvalue weighted by molar-refractivity contribution is 5.82. The number of rotatable bonds is 4. The van der Waals surface area contributed by atoms with Gasteiger partial charge in [0.1, 0.15) is 0 Å². The van der Waals surface area contributed by atoms with Crippen molar-refractivity contribution in [2.75, 3.05) is 0 Å². The van der Waals surface area contributed by atoms with E-state index in [1.165, 1.54) is 0 Å². The van der Waals surface area contributed by atoms with E-state index in [-0.39, 0.29) is 0 Å². The summed E-state index contributed by atoms with van der Waals surface area (Å²) < 4.78 is 1.81. The van der Waals surface area contributed by atoms with Crippen LogP contribution in [-0.4, -0.2) is 14.9 Å². The lowest BCUT2D eigenvalue weighted by Gasteiger charge is -2.05. The molecule has 0 saturated carbocycles. The highest BCUT2D eigenvalue weighted by Crippen LogP contribution is 2.25. The lowest BCUT2D eigenvalue weighted by Crippen LogP contribution is -1.99. The lowest BCUT2D eigenvalue weighted by molar-refractivity contribution is 0.164. The van der Waals surface area contributed by atoms with Crippen LogP contribution in [0.15, 0.2) is 36.9 Å². The van der Waals surface area contributed by atoms with Gasteiger partial charge in [-0.05, 0) is 18.9 Å². The average Bonchev–Trinajstić information content (AvgIpc) is 2.65. The molecule has 0 aliphatic rings. The Morgan fingerprint density at radius 3 is 3.00 bits per heavy atom. The van der Waals surface area contributed by atoms with E-state index < -0.39 is 6.10 Å². The monoisotopic (exact) mass is 216 g/mol. The normalized spacial score (nSPS) is 12.9. The van der Waals surface area contributed by atoms with Gasteiger partial charge >= 0.3 is 0 Å². The molecule has 1 heterocycles. The fourth-order valence-corrected chi connectivity index (χ4v) is 1.90. The number of hydrogen-bond donors (Lipinski definition) is 1. The Balaban J connectivity index is 2.40. The van der Waals surface area contributed by atoms with Crippen LogP contribution in [0.2, 0.25) is 0 Å². The van der Waals surface area contributed by atoms with Crippen LogP contribution in [0, 0.1) is 0 Å². The van der Waals surface area contributed by atoms with Crippen molar-refractivity contribution in [3.8, 4) is 0 Å². The first-order chi connectivity index (χ1) is 7.74. The average molecular weight is 216 g/mol. The second-order valence-electron chi connectivity index (χ2n) is 3.91. The first-order valence-electron chi connectivity index (χ1n) is 5.44. The van der Waals surface area contributed by atoms with E-state index in [1.54, 1.807) is 0 Å². The fraction of sp³-hybridized carbons (Fsp3) is 0.308. The summed E-state index contributed by atoms with van der Waals surface area (Å²) in [7, 11) is 1.89. The molecule has 0 radical (unpaired) electrons. The van der Waals surface area contributed by atoms with E-state index in [0.29, 0.717) is 6.42 Å². The largest absolute Gasteiger partial charge is 0.387 e. The van der Waals surface area contributed by atoms with Crippen LogP contribution in [-0.2, 0) is 7.05 Å². The predicted molar refractivity (Wildman–Crippen MR) is 65.1 cm³/mol. The number of aromatic nitrogens is 2. The molecule has 16 heavy (non-hydrogen) atoms. The molecule has 2 rings (SSSR count). The summed E-state index contributed by atoms with van der Waals surface area (Å²) >= 11 is 0. The molecule has 0 aliphatic heterocycles. The fourth-order valence-electron chi connectivity index (χ4n) is 1.90. The number of allylic oxidation sites excluding steroid dienone is 1. The van der Waals surface area contributed by atoms with Crippen molar-refractivity contribution in [2.45, 2.75) is 18.9 Å². The van der Waals surface area contributed by atoms with Gasteiger partial charge in [-0.15, -0.1) is 6.58 Å². The van der Waals surface area contributed by atoms with E-state index in [2.05, 4.69) is 11.7 Å². The number of aryl methyl sites for hydroxylation is 1. The molecule has 0 saturated heterocycles. The van der Waals surface area contributed by atoms with Crippen LogP contribution < -0.4 is 0 Å². The minimum Gasteiger partial charge on any atom is -0.387 e. The molecule has 3 nitrogen and oxygen atoms in total. The molecule has 0 amide bonds. The number of nitrogens with zero attached hydrogens (tertiary/aromatic N) is 2. The van der Waals surface area contributed by atoms with E-state index in [9.17, 15) is 5.11 Å². The number of benzene rings is 1. The second kappa shape index (κ2) is 4.49. The standard InChI is InChI=1S/C13H16N2O/c1-3-4-9-12(16)13-10-7-5-6-8-11(10)15(2)14-13/h3,5-8,12,16H,1,4,9H2,2H3. The van der Waals surface area contributed by atoms with E-state index in [1.807, 2.05) is 42.1 Å². The molecule has 0 aliphatic carbocycles. The summed E-state index contributed by atoms with van der Waals surface area (Å²) in [5, 5.41) is 15.4. The van der Waals surface area contributed by atoms with Gasteiger partial charge in [-0.1, -0.05) is 24.3 Å². The minimum absolute atomic E-state index is 0.510. The molecular weight excluding hydrogens is 200 g/mol. The Kier molecular flexibility index (Phi) is 3.06. The van der Waals surface area contributed by atoms with Gasteiger partial charge in [0.25, 0.3) is 0 Å². The quantitative estimate of drug-likeness (QED) is 0.798. The first kappa shape index (κ1) is 10.9. The SMILES string of the molecule is C=CCCC(O)c1nn(C)c2ccccc12. The topological polar surface area (TPSA) is 38.1 Å². The zero-order valence-electron chi connectivity index (χ0n) is 9.43. The molecular formula is C13H16N2O. The smallest absolute Gasteiger partial charge is 0.0988 e. The third-order valence-electron chi connectivity index (χ3n) is 2.75. The van der Waals surface area contributed by atoms with Crippen molar-refractivity contribution in [3.63, 3.8) is 0 Å². The molecule has 1 aromatic heterocycles. The molecule has 84 valence electrons. The highest BCUT2D eigenvalue weighted by atomic mass is 16.3. The molecule has 0 fully saturated rings. The van der Waals surface area contributed by atoms with Gasteiger partial charge in [0.05, 0.1) is 17.3 Å². The molecule has 1 unspecified atom stereocenters. The maximum Gasteiger partial charge on any atom is 0.0988 e. The van der Waals surface area contributed by atoms with Crippen molar-refractivity contribution < 1.29 is 5.11 Å². The summed E-state index contributed by atoms with van der Waals surface area (Å²) in [6.07, 6.45) is 2.77. The third kappa shape index (κ3) is 1.86. The minimum atomic E-state index is -0.510. The van der Waals surface area contributed by atoms with Crippen molar-refractivity contribution in [2.24, 2.45) is 7.05 Å². The van der Waals surface area contributed by atoms with Crippen LogP contribution in [0.3, 0.4) is 0 Å². The lowest BCUT2D eigenvalue weighted by atomic mass is 10.1. The first-order valence-corrected chi connectivity index (χ1v) is 5.44. The Hall–Kier alpha value is -1.61. The Labute approximate surface area is 95.0 Å². The maximum atomic E-state index is 10.0. The van der Waals surface area contributed by atoms with Crippen LogP contribution in [0.25, 0.3) is 10.9 Å². The molecule has 0 bridgehead atoms. The summed E-state index contributed by atoms with van der Waals surface area (Å²) in [6, 6.07) is 7.94. The number of aliphatic hydroxyl groups is 1. The zero-order valence-corrected chi connectivity index (χ0v) is 9.43. The number of para-hydroxylation sites is 1. The van der Waals surface area contributed by atoms with Gasteiger partial charge in [-0.2, -0.15) is 5.10 Å². The van der Waals surface area contributed by atoms with Crippen LogP contribution >= 0.6 is 0 Å². The number of aliphatic hydroxyl groups excluding tert-OH is 1. The third-order valence-corrected chi connectivity index (χ3v) is 2.75. The van der Waals surface area contributed by atoms with Gasteiger partial charge in [-0.25, -0.2) is 0 Å². The van der Waals surface area contributed by atoms with Crippen molar-refractivity contribution in [1.82, 2.24) is 9.78 Å². The van der Waals surface area contributed by atoms with Gasteiger partial charge in [-0.3, -0.25) is 4.68 Å². The molecule has 3 heteroatoms. The van der Waals surface area contributed by atoms with Gasteiger partial charge in [0, 0.05) is 12.4 Å². The van der Waals surface area contributed by atoms with Gasteiger partial charge in [0.2, 0.25) is 0 Å². The van der Waals surface area contributed by atoms with Crippen molar-refractivity contribution >= 4 is 10.9 Å². The van der Waals surface area contributed by atoms with E-state index in [4.69, 9.17) is 0 Å². The maximum absolute atomic E-state index is 10.0. The highest BCUT2D eigenvalue weighted by Gasteiger charge is 2.15. The summed E-state index contributed by atoms with van der Waals surface area (Å²) in [4.78, 5) is 0. The summed E-state index contributed by atoms with van der Waals surface area (Å²) in [6.45, 7) is 3.66. The van der Waals surface area contributed by atoms with Gasteiger partial charge in [0.15, 0.2) is 0 Å². The van der Waals surface area contributed by atoms with Gasteiger partial charge < -0.3 is 5.11 Å². The number of fused-ring (bicyclic) bond motifs is 1. The van der Waals surface area contributed by atoms with Crippen molar-refractivity contribution in [3.05, 3.63) is 42.6 Å². The molecule has 1 atom stereocenters. The van der Waals surface area contributed by atoms with Crippen LogP contribution in [0.1, 0.15) is 24.6 Å². The molecule has 0 spiro atoms. The van der Waals surface area contributed by atoms with Crippen LogP contribution in [0.4, 0.5) is 0 Å². The Morgan fingerprint density at radius 1 is 1.50 bits per heavy atom. The zero-order chi connectivity index (χ0) is 11.5. The molecule has 2 aromatic rings. The van der Waals surface area contributed by atoms with Crippen molar-refractivity contribution in [1.29, 1.82) is 0 Å². The van der Waals surface area contributed by atoms with E-state index >= 15 is 0 Å².